The zero-order valence-corrected chi connectivity index (χ0v) is 12.3. The number of amides is 1. The second kappa shape index (κ2) is 8.74. The van der Waals surface area contributed by atoms with E-state index in [1.165, 1.54) is 0 Å². The minimum atomic E-state index is -0.934. The van der Waals surface area contributed by atoms with E-state index in [2.05, 4.69) is 26.5 Å². The van der Waals surface area contributed by atoms with E-state index in [0.717, 1.165) is 17.4 Å². The Kier molecular flexibility index (Phi) is 9.84. The van der Waals surface area contributed by atoms with Gasteiger partial charge in [-0.15, -0.1) is 0 Å². The zero-order valence-electron chi connectivity index (χ0n) is 10.1. The molecular weight excluding hydrogens is 323 g/mol. The molecule has 0 unspecified atom stereocenters. The van der Waals surface area contributed by atoms with Crippen LogP contribution in [0.4, 0.5) is 0 Å². The van der Waals surface area contributed by atoms with E-state index in [-0.39, 0.29) is 42.7 Å². The van der Waals surface area contributed by atoms with Gasteiger partial charge in [0.1, 0.15) is 0 Å². The van der Waals surface area contributed by atoms with Gasteiger partial charge in [0.25, 0.3) is 0 Å². The molecule has 0 aromatic rings. The molecule has 16 heavy (non-hydrogen) atoms. The summed E-state index contributed by atoms with van der Waals surface area (Å²) in [5.74, 6) is -1.12. The smallest absolute Gasteiger partial charge is 0.303 e. The predicted molar refractivity (Wildman–Crippen MR) is 57.4 cm³/mol. The van der Waals surface area contributed by atoms with Gasteiger partial charge < -0.3 is 38.9 Å². The molecule has 96 valence electrons. The molecule has 0 aromatic carbocycles. The van der Waals surface area contributed by atoms with Gasteiger partial charge in [-0.3, -0.25) is 9.59 Å². The van der Waals surface area contributed by atoms with Gasteiger partial charge in [0.2, 0.25) is 5.91 Å². The van der Waals surface area contributed by atoms with Gasteiger partial charge in [-0.25, -0.2) is 0 Å². The summed E-state index contributed by atoms with van der Waals surface area (Å²) in [5.41, 5.74) is 0. The number of nitrogens with one attached hydrogen (secondary N) is 1. The van der Waals surface area contributed by atoms with Gasteiger partial charge in [0.15, 0.2) is 0 Å². The molecule has 0 saturated carbocycles. The van der Waals surface area contributed by atoms with Gasteiger partial charge in [0.05, 0.1) is 34.1 Å². The molecule has 0 aliphatic rings. The first-order chi connectivity index (χ1) is 6.81. The molecule has 0 heterocycles. The second-order valence-corrected chi connectivity index (χ2v) is 4.61. The van der Waals surface area contributed by atoms with Crippen molar-refractivity contribution >= 4 is 11.9 Å². The fraction of sp³-hybridized carbons (Fsp3) is 0.800. The maximum absolute atomic E-state index is 11.1. The fourth-order valence-corrected chi connectivity index (χ4v) is 1.09. The summed E-state index contributed by atoms with van der Waals surface area (Å²) in [6, 6.07) is 0. The van der Waals surface area contributed by atoms with E-state index in [0.29, 0.717) is 6.54 Å². The lowest BCUT2D eigenvalue weighted by atomic mass is 10.3. The average Bonchev–Trinajstić information content (AvgIpc) is 2.07. The highest BCUT2D eigenvalue weighted by Gasteiger charge is 2.07. The summed E-state index contributed by atoms with van der Waals surface area (Å²) in [4.78, 5) is 21.3. The van der Waals surface area contributed by atoms with Crippen molar-refractivity contribution in [2.45, 2.75) is 19.3 Å². The summed E-state index contributed by atoms with van der Waals surface area (Å²) in [6.45, 7) is 1.60. The molecule has 0 aliphatic carbocycles. The normalized spacial score (nSPS) is 10.4. The van der Waals surface area contributed by atoms with Crippen molar-refractivity contribution in [3.8, 4) is 0 Å². The SMILES string of the molecule is C[N+](C)(C)CCCNC(=O)CCC(=O)O.[I-]. The largest absolute Gasteiger partial charge is 1.00 e. The number of quaternary nitrogens is 1. The van der Waals surface area contributed by atoms with Crippen LogP contribution in [0.15, 0.2) is 0 Å². The van der Waals surface area contributed by atoms with Crippen LogP contribution in [-0.4, -0.2) is 55.7 Å². The third kappa shape index (κ3) is 13.6. The maximum atomic E-state index is 11.1. The molecule has 5 nitrogen and oxygen atoms in total. The molecule has 0 atom stereocenters. The lowest BCUT2D eigenvalue weighted by molar-refractivity contribution is -0.870. The number of hydrogen-bond acceptors (Lipinski definition) is 2. The Hall–Kier alpha value is -0.370. The van der Waals surface area contributed by atoms with Crippen molar-refractivity contribution in [3.05, 3.63) is 0 Å². The number of hydrogen-bond donors (Lipinski definition) is 2. The molecule has 0 rings (SSSR count). The molecule has 0 saturated heterocycles. The second-order valence-electron chi connectivity index (χ2n) is 4.61. The van der Waals surface area contributed by atoms with Gasteiger partial charge in [-0.05, 0) is 0 Å². The first-order valence-corrected chi connectivity index (χ1v) is 5.10. The van der Waals surface area contributed by atoms with E-state index >= 15 is 0 Å². The van der Waals surface area contributed by atoms with Crippen molar-refractivity contribution in [1.82, 2.24) is 5.32 Å². The van der Waals surface area contributed by atoms with Gasteiger partial charge in [0, 0.05) is 19.4 Å². The Bertz CT molecular complexity index is 227. The topological polar surface area (TPSA) is 66.4 Å². The fourth-order valence-electron chi connectivity index (χ4n) is 1.09. The standard InChI is InChI=1S/C10H20N2O3.HI/c1-12(2,3)8-4-7-11-9(13)5-6-10(14)15;/h4-8H2,1-3H3,(H-,11,13,14,15);1H. The highest BCUT2D eigenvalue weighted by atomic mass is 127. The highest BCUT2D eigenvalue weighted by molar-refractivity contribution is 5.80. The Balaban J connectivity index is 0. The maximum Gasteiger partial charge on any atom is 0.303 e. The van der Waals surface area contributed by atoms with Crippen molar-refractivity contribution < 1.29 is 43.2 Å². The Morgan fingerprint density at radius 1 is 1.19 bits per heavy atom. The molecule has 0 radical (unpaired) electrons. The minimum Gasteiger partial charge on any atom is -1.00 e. The van der Waals surface area contributed by atoms with Crippen LogP contribution >= 0.6 is 0 Å². The minimum absolute atomic E-state index is 0. The van der Waals surface area contributed by atoms with Crippen LogP contribution in [0.2, 0.25) is 0 Å². The molecule has 0 spiro atoms. The van der Waals surface area contributed by atoms with E-state index in [4.69, 9.17) is 5.11 Å². The number of carbonyl (C=O) groups excluding carboxylic acids is 1. The number of rotatable bonds is 7. The third-order valence-corrected chi connectivity index (χ3v) is 1.89. The van der Waals surface area contributed by atoms with Crippen LogP contribution in [0.3, 0.4) is 0 Å². The summed E-state index contributed by atoms with van der Waals surface area (Å²) in [7, 11) is 6.27. The number of carbonyl (C=O) groups is 2. The van der Waals surface area contributed by atoms with Crippen LogP contribution in [0, 0.1) is 0 Å². The lowest BCUT2D eigenvalue weighted by Gasteiger charge is -2.23. The van der Waals surface area contributed by atoms with Crippen LogP contribution in [-0.2, 0) is 9.59 Å². The molecule has 2 N–H and O–H groups in total. The molecule has 0 aliphatic heterocycles. The van der Waals surface area contributed by atoms with Crippen molar-refractivity contribution in [3.63, 3.8) is 0 Å². The summed E-state index contributed by atoms with van der Waals surface area (Å²) < 4.78 is 0.866. The Morgan fingerprint density at radius 3 is 2.19 bits per heavy atom. The van der Waals surface area contributed by atoms with E-state index in [1.807, 2.05) is 0 Å². The van der Waals surface area contributed by atoms with E-state index < -0.39 is 5.97 Å². The Labute approximate surface area is 114 Å². The van der Waals surface area contributed by atoms with Crippen molar-refractivity contribution in [2.24, 2.45) is 0 Å². The Morgan fingerprint density at radius 2 is 1.75 bits per heavy atom. The van der Waals surface area contributed by atoms with Crippen molar-refractivity contribution in [1.29, 1.82) is 0 Å². The molecular formula is C10H21IN2O3. The summed E-state index contributed by atoms with van der Waals surface area (Å²) in [5, 5.41) is 11.1. The number of nitrogens with zero attached hydrogens (tertiary/aromatic N) is 1. The van der Waals surface area contributed by atoms with Crippen LogP contribution in [0.25, 0.3) is 0 Å². The first kappa shape index (κ1) is 18.0. The lowest BCUT2D eigenvalue weighted by Crippen LogP contribution is -3.00. The van der Waals surface area contributed by atoms with Crippen LogP contribution in [0.1, 0.15) is 19.3 Å². The van der Waals surface area contributed by atoms with Gasteiger partial charge in [-0.2, -0.15) is 0 Å². The predicted octanol–water partition coefficient (Wildman–Crippen LogP) is -2.93. The molecule has 0 fully saturated rings. The third-order valence-electron chi connectivity index (χ3n) is 1.89. The number of halogens is 1. The number of carboxylic acids is 1. The summed E-state index contributed by atoms with van der Waals surface area (Å²) in [6.07, 6.45) is 0.878. The van der Waals surface area contributed by atoms with Crippen LogP contribution < -0.4 is 29.3 Å². The van der Waals surface area contributed by atoms with Gasteiger partial charge >= 0.3 is 5.97 Å². The molecule has 1 amide bonds. The number of carboxylic acid groups (broad SMARTS) is 1. The molecule has 0 aromatic heterocycles. The molecule has 0 bridgehead atoms. The zero-order chi connectivity index (χ0) is 11.9. The van der Waals surface area contributed by atoms with Gasteiger partial charge in [-0.1, -0.05) is 0 Å². The summed E-state index contributed by atoms with van der Waals surface area (Å²) >= 11 is 0. The average molecular weight is 344 g/mol. The number of aliphatic carboxylic acids is 1. The molecule has 6 heteroatoms. The first-order valence-electron chi connectivity index (χ1n) is 5.10. The highest BCUT2D eigenvalue weighted by Crippen LogP contribution is 1.93. The van der Waals surface area contributed by atoms with Crippen LogP contribution in [0.5, 0.6) is 0 Å². The van der Waals surface area contributed by atoms with E-state index in [1.54, 1.807) is 0 Å². The quantitative estimate of drug-likeness (QED) is 0.295. The monoisotopic (exact) mass is 344 g/mol. The van der Waals surface area contributed by atoms with E-state index in [9.17, 15) is 9.59 Å². The van der Waals surface area contributed by atoms with Crippen molar-refractivity contribution in [2.75, 3.05) is 34.2 Å².